The molecule has 1 aliphatic rings. The first kappa shape index (κ1) is 6.83. The molecule has 2 nitrogen and oxygen atoms in total. The molecule has 0 unspecified atom stereocenters. The highest BCUT2D eigenvalue weighted by Gasteiger charge is 2.17. The van der Waals surface area contributed by atoms with E-state index in [2.05, 4.69) is 22.9 Å². The molecule has 0 amide bonds. The molecular formula is C6H12N2S. The number of aliphatic imine (C=N–C) groups is 1. The van der Waals surface area contributed by atoms with E-state index in [0.717, 1.165) is 5.04 Å². The maximum absolute atomic E-state index is 5.46. The van der Waals surface area contributed by atoms with Crippen LogP contribution in [-0.4, -0.2) is 24.1 Å². The molecule has 52 valence electrons. The van der Waals surface area contributed by atoms with Crippen molar-refractivity contribution in [2.75, 3.05) is 19.1 Å². The lowest BCUT2D eigenvalue weighted by Gasteiger charge is -2.23. The molecule has 0 aromatic rings. The van der Waals surface area contributed by atoms with Crippen molar-refractivity contribution >= 4 is 15.1 Å². The molecule has 9 heavy (non-hydrogen) atoms. The van der Waals surface area contributed by atoms with Crippen molar-refractivity contribution in [1.29, 1.82) is 0 Å². The Morgan fingerprint density at radius 1 is 1.67 bits per heavy atom. The van der Waals surface area contributed by atoms with Crippen molar-refractivity contribution in [2.45, 2.75) is 0 Å². The Labute approximate surface area is 57.2 Å². The van der Waals surface area contributed by atoms with E-state index >= 15 is 0 Å². The Morgan fingerprint density at radius 2 is 2.33 bits per heavy atom. The summed E-state index contributed by atoms with van der Waals surface area (Å²) in [5, 5.41) is 3.30. The second kappa shape index (κ2) is 2.15. The third kappa shape index (κ3) is 1.17. The maximum Gasteiger partial charge on any atom is 0.0729 e. The third-order valence-corrected chi connectivity index (χ3v) is 3.69. The van der Waals surface area contributed by atoms with Gasteiger partial charge in [0, 0.05) is 12.7 Å². The zero-order valence-corrected chi connectivity index (χ0v) is 6.61. The standard InChI is InChI=1S/C6H12N2S/c1-9(2)4-3-8-6(9)5-7/h3-4H,5,7H2,1-2H3. The van der Waals surface area contributed by atoms with Gasteiger partial charge in [0.1, 0.15) is 0 Å². The van der Waals surface area contributed by atoms with Gasteiger partial charge in [-0.3, -0.25) is 4.99 Å². The highest BCUT2D eigenvalue weighted by atomic mass is 32.3. The summed E-state index contributed by atoms with van der Waals surface area (Å²) in [6, 6.07) is 0. The smallest absolute Gasteiger partial charge is 0.0729 e. The van der Waals surface area contributed by atoms with Gasteiger partial charge in [-0.2, -0.15) is 10.0 Å². The number of rotatable bonds is 1. The fraction of sp³-hybridized carbons (Fsp3) is 0.500. The first-order valence-electron chi connectivity index (χ1n) is 2.83. The minimum Gasteiger partial charge on any atom is -0.325 e. The topological polar surface area (TPSA) is 38.4 Å². The van der Waals surface area contributed by atoms with Crippen molar-refractivity contribution in [3.63, 3.8) is 0 Å². The molecule has 1 rings (SSSR count). The van der Waals surface area contributed by atoms with E-state index in [9.17, 15) is 0 Å². The predicted molar refractivity (Wildman–Crippen MR) is 45.1 cm³/mol. The molecule has 0 spiro atoms. The van der Waals surface area contributed by atoms with E-state index in [0.29, 0.717) is 6.54 Å². The minimum absolute atomic E-state index is 0.606. The molecule has 0 saturated heterocycles. The Balaban J connectivity index is 2.78. The van der Waals surface area contributed by atoms with Crippen LogP contribution in [0.2, 0.25) is 0 Å². The second-order valence-electron chi connectivity index (χ2n) is 2.42. The van der Waals surface area contributed by atoms with Crippen molar-refractivity contribution in [3.05, 3.63) is 11.6 Å². The molecule has 0 saturated carbocycles. The van der Waals surface area contributed by atoms with Gasteiger partial charge in [-0.15, -0.1) is 0 Å². The van der Waals surface area contributed by atoms with Crippen molar-refractivity contribution in [3.8, 4) is 0 Å². The Kier molecular flexibility index (Phi) is 1.64. The summed E-state index contributed by atoms with van der Waals surface area (Å²) in [7, 11) is -0.693. The van der Waals surface area contributed by atoms with Crippen LogP contribution in [0.4, 0.5) is 0 Å². The summed E-state index contributed by atoms with van der Waals surface area (Å²) in [6.45, 7) is 0.606. The van der Waals surface area contributed by atoms with Crippen molar-refractivity contribution in [1.82, 2.24) is 0 Å². The minimum atomic E-state index is -0.693. The molecule has 1 aliphatic heterocycles. The van der Waals surface area contributed by atoms with E-state index in [1.54, 1.807) is 0 Å². The quantitative estimate of drug-likeness (QED) is 0.583. The number of nitrogens with zero attached hydrogens (tertiary/aromatic N) is 1. The van der Waals surface area contributed by atoms with E-state index in [-0.39, 0.29) is 0 Å². The summed E-state index contributed by atoms with van der Waals surface area (Å²) >= 11 is 0. The first-order chi connectivity index (χ1) is 4.17. The first-order valence-corrected chi connectivity index (χ1v) is 5.35. The Bertz CT molecular complexity index is 170. The molecule has 0 aliphatic carbocycles. The molecule has 0 aromatic heterocycles. The number of nitrogens with two attached hydrogens (primary N) is 1. The van der Waals surface area contributed by atoms with E-state index < -0.39 is 10.0 Å². The van der Waals surface area contributed by atoms with Crippen LogP contribution in [-0.2, 0) is 0 Å². The summed E-state index contributed by atoms with van der Waals surface area (Å²) in [5.41, 5.74) is 5.46. The summed E-state index contributed by atoms with van der Waals surface area (Å²) in [4.78, 5) is 4.16. The number of hydrogen-bond acceptors (Lipinski definition) is 2. The molecule has 0 radical (unpaired) electrons. The molecule has 0 bridgehead atoms. The van der Waals surface area contributed by atoms with Crippen LogP contribution >= 0.6 is 10.0 Å². The van der Waals surface area contributed by atoms with E-state index in [1.165, 1.54) is 0 Å². The Morgan fingerprint density at radius 3 is 2.56 bits per heavy atom. The fourth-order valence-electron chi connectivity index (χ4n) is 0.748. The summed E-state index contributed by atoms with van der Waals surface area (Å²) < 4.78 is 0. The predicted octanol–water partition coefficient (Wildman–Crippen LogP) is 0.893. The largest absolute Gasteiger partial charge is 0.325 e. The molecule has 1 heterocycles. The van der Waals surface area contributed by atoms with Gasteiger partial charge >= 0.3 is 0 Å². The van der Waals surface area contributed by atoms with Gasteiger partial charge in [0.15, 0.2) is 0 Å². The molecule has 2 N–H and O–H groups in total. The van der Waals surface area contributed by atoms with E-state index in [4.69, 9.17) is 5.73 Å². The molecular weight excluding hydrogens is 132 g/mol. The highest BCUT2D eigenvalue weighted by Crippen LogP contribution is 2.45. The average molecular weight is 144 g/mol. The van der Waals surface area contributed by atoms with Crippen LogP contribution in [0, 0.1) is 0 Å². The summed E-state index contributed by atoms with van der Waals surface area (Å²) in [6.07, 6.45) is 6.25. The SMILES string of the molecule is CS1(C)C=CN=C1CN. The van der Waals surface area contributed by atoms with Crippen molar-refractivity contribution in [2.24, 2.45) is 10.7 Å². The summed E-state index contributed by atoms with van der Waals surface area (Å²) in [5.74, 6) is 0. The third-order valence-electron chi connectivity index (χ3n) is 1.40. The second-order valence-corrected chi connectivity index (χ2v) is 5.97. The lowest BCUT2D eigenvalue weighted by molar-refractivity contribution is 1.32. The van der Waals surface area contributed by atoms with E-state index in [1.807, 2.05) is 6.20 Å². The van der Waals surface area contributed by atoms with Gasteiger partial charge in [0.2, 0.25) is 0 Å². The van der Waals surface area contributed by atoms with Gasteiger partial charge < -0.3 is 5.73 Å². The normalized spacial score (nSPS) is 25.9. The van der Waals surface area contributed by atoms with Crippen LogP contribution in [0.3, 0.4) is 0 Å². The van der Waals surface area contributed by atoms with Gasteiger partial charge in [0.05, 0.1) is 5.04 Å². The number of hydrogen-bond donors (Lipinski definition) is 1. The van der Waals surface area contributed by atoms with Gasteiger partial charge in [-0.25, -0.2) is 0 Å². The fourth-order valence-corrected chi connectivity index (χ4v) is 2.03. The average Bonchev–Trinajstić information content (AvgIpc) is 2.08. The van der Waals surface area contributed by atoms with Gasteiger partial charge in [-0.05, 0) is 17.9 Å². The Hall–Kier alpha value is -0.280. The van der Waals surface area contributed by atoms with Crippen LogP contribution in [0.15, 0.2) is 16.6 Å². The molecule has 0 aromatic carbocycles. The highest BCUT2D eigenvalue weighted by molar-refractivity contribution is 8.46. The monoisotopic (exact) mass is 144 g/mol. The maximum atomic E-state index is 5.46. The van der Waals surface area contributed by atoms with Crippen LogP contribution in [0.25, 0.3) is 0 Å². The van der Waals surface area contributed by atoms with Crippen LogP contribution in [0.1, 0.15) is 0 Å². The molecule has 0 atom stereocenters. The molecule has 0 fully saturated rings. The van der Waals surface area contributed by atoms with Crippen LogP contribution < -0.4 is 5.73 Å². The lowest BCUT2D eigenvalue weighted by atomic mass is 10.7. The zero-order chi connectivity index (χ0) is 6.91. The van der Waals surface area contributed by atoms with Gasteiger partial charge in [-0.1, -0.05) is 0 Å². The lowest BCUT2D eigenvalue weighted by Crippen LogP contribution is -2.16. The van der Waals surface area contributed by atoms with Crippen LogP contribution in [0.5, 0.6) is 0 Å². The molecule has 3 heteroatoms. The zero-order valence-electron chi connectivity index (χ0n) is 5.79. The van der Waals surface area contributed by atoms with Gasteiger partial charge in [0.25, 0.3) is 0 Å². The van der Waals surface area contributed by atoms with Crippen molar-refractivity contribution < 1.29 is 0 Å².